The van der Waals surface area contributed by atoms with Gasteiger partial charge in [-0.3, -0.25) is 4.79 Å². The number of hydrogen-bond acceptors (Lipinski definition) is 5. The van der Waals surface area contributed by atoms with E-state index < -0.39 is 0 Å². The molecular weight excluding hydrogens is 521 g/mol. The summed E-state index contributed by atoms with van der Waals surface area (Å²) >= 11 is 12.7. The molecule has 1 amide bonds. The van der Waals surface area contributed by atoms with Gasteiger partial charge in [-0.1, -0.05) is 41.4 Å². The van der Waals surface area contributed by atoms with Crippen LogP contribution in [0, 0.1) is 0 Å². The van der Waals surface area contributed by atoms with Crippen molar-refractivity contribution in [1.82, 2.24) is 15.2 Å². The van der Waals surface area contributed by atoms with Gasteiger partial charge in [0.05, 0.1) is 16.1 Å². The number of aromatic nitrogens is 1. The number of halogens is 2. The Bertz CT molecular complexity index is 1290. The molecule has 1 aliphatic carbocycles. The molecule has 0 radical (unpaired) electrons. The highest BCUT2D eigenvalue weighted by Crippen LogP contribution is 2.36. The van der Waals surface area contributed by atoms with E-state index in [2.05, 4.69) is 19.2 Å². The first-order chi connectivity index (χ1) is 18.4. The molecule has 2 fully saturated rings. The Hall–Kier alpha value is -2.54. The van der Waals surface area contributed by atoms with Crippen molar-refractivity contribution in [2.75, 3.05) is 13.1 Å². The molecule has 1 aliphatic heterocycles. The minimum absolute atomic E-state index is 0.0320. The van der Waals surface area contributed by atoms with E-state index in [-0.39, 0.29) is 30.7 Å². The third-order valence-electron chi connectivity index (χ3n) is 7.45. The Morgan fingerprint density at radius 2 is 1.87 bits per heavy atom. The average Bonchev–Trinajstić information content (AvgIpc) is 3.43. The molecular formula is C30H35Cl2N3O3. The zero-order chi connectivity index (χ0) is 26.6. The molecule has 1 saturated carbocycles. The van der Waals surface area contributed by atoms with Gasteiger partial charge in [0.2, 0.25) is 0 Å². The second-order valence-electron chi connectivity index (χ2n) is 10.5. The summed E-state index contributed by atoms with van der Waals surface area (Å²) < 4.78 is 12.7. The number of rotatable bonds is 8. The van der Waals surface area contributed by atoms with Crippen molar-refractivity contribution >= 4 is 40.0 Å². The van der Waals surface area contributed by atoms with E-state index in [0.717, 1.165) is 49.7 Å². The Balaban J connectivity index is 1.55. The van der Waals surface area contributed by atoms with E-state index in [4.69, 9.17) is 37.7 Å². The Kier molecular flexibility index (Phi) is 8.61. The molecule has 1 saturated heterocycles. The predicted octanol–water partition coefficient (Wildman–Crippen LogP) is 7.04. The minimum atomic E-state index is -0.100. The number of fused-ring (bicyclic) bond motifs is 1. The summed E-state index contributed by atoms with van der Waals surface area (Å²) in [6.45, 7) is 6.09. The summed E-state index contributed by atoms with van der Waals surface area (Å²) in [5.41, 5.74) is 1.77. The summed E-state index contributed by atoms with van der Waals surface area (Å²) in [5.74, 6) is 1.15. The lowest BCUT2D eigenvalue weighted by atomic mass is 10.0. The fourth-order valence-corrected chi connectivity index (χ4v) is 5.92. The molecule has 5 rings (SSSR count). The van der Waals surface area contributed by atoms with E-state index in [9.17, 15) is 4.79 Å². The lowest BCUT2D eigenvalue weighted by molar-refractivity contribution is 0.0567. The Morgan fingerprint density at radius 3 is 2.61 bits per heavy atom. The lowest BCUT2D eigenvalue weighted by Crippen LogP contribution is -2.51. The molecule has 2 aromatic carbocycles. The van der Waals surface area contributed by atoms with Crippen LogP contribution < -0.4 is 14.8 Å². The van der Waals surface area contributed by atoms with Crippen LogP contribution in [0.5, 0.6) is 11.5 Å². The fraction of sp³-hybridized carbons (Fsp3) is 0.467. The predicted molar refractivity (Wildman–Crippen MR) is 153 cm³/mol. The monoisotopic (exact) mass is 555 g/mol. The molecule has 0 unspecified atom stereocenters. The molecule has 3 aromatic rings. The van der Waals surface area contributed by atoms with Crippen LogP contribution in [0.4, 0.5) is 0 Å². The molecule has 2 heterocycles. The summed E-state index contributed by atoms with van der Waals surface area (Å²) in [6, 6.07) is 13.2. The van der Waals surface area contributed by atoms with Crippen molar-refractivity contribution in [3.8, 4) is 11.5 Å². The van der Waals surface area contributed by atoms with Crippen LogP contribution in [0.1, 0.15) is 68.4 Å². The SMILES string of the molecule is CC(C)N(C(=O)c1cc(OCc2cccc(Cl)c2Cl)c2cccc(OC3CCCC3)c2n1)[C@@H]1CCCNC1. The first-order valence-corrected chi connectivity index (χ1v) is 14.4. The zero-order valence-corrected chi connectivity index (χ0v) is 23.5. The maximum Gasteiger partial charge on any atom is 0.273 e. The Morgan fingerprint density at radius 1 is 1.08 bits per heavy atom. The van der Waals surface area contributed by atoms with E-state index in [1.165, 1.54) is 12.8 Å². The van der Waals surface area contributed by atoms with E-state index in [0.29, 0.717) is 32.8 Å². The Labute approximate surface area is 234 Å². The highest BCUT2D eigenvalue weighted by atomic mass is 35.5. The molecule has 202 valence electrons. The number of amides is 1. The van der Waals surface area contributed by atoms with Crippen molar-refractivity contribution in [3.63, 3.8) is 0 Å². The van der Waals surface area contributed by atoms with Crippen LogP contribution in [0.25, 0.3) is 10.9 Å². The molecule has 8 heteroatoms. The summed E-state index contributed by atoms with van der Waals surface area (Å²) in [5, 5.41) is 5.17. The quantitative estimate of drug-likeness (QED) is 0.322. The van der Waals surface area contributed by atoms with E-state index in [1.54, 1.807) is 12.1 Å². The number of hydrogen-bond donors (Lipinski definition) is 1. The highest BCUT2D eigenvalue weighted by molar-refractivity contribution is 6.42. The number of pyridine rings is 1. The topological polar surface area (TPSA) is 63.7 Å². The number of para-hydroxylation sites is 1. The number of nitrogens with zero attached hydrogens (tertiary/aromatic N) is 2. The molecule has 2 aliphatic rings. The largest absolute Gasteiger partial charge is 0.488 e. The zero-order valence-electron chi connectivity index (χ0n) is 22.0. The second kappa shape index (κ2) is 12.1. The van der Waals surface area contributed by atoms with Crippen LogP contribution in [0.3, 0.4) is 0 Å². The third kappa shape index (κ3) is 5.88. The van der Waals surface area contributed by atoms with Gasteiger partial charge in [0, 0.05) is 35.6 Å². The van der Waals surface area contributed by atoms with Crippen LogP contribution in [0.2, 0.25) is 10.0 Å². The first-order valence-electron chi connectivity index (χ1n) is 13.6. The average molecular weight is 557 g/mol. The van der Waals surface area contributed by atoms with Crippen LogP contribution in [-0.4, -0.2) is 47.1 Å². The minimum Gasteiger partial charge on any atom is -0.488 e. The molecule has 1 N–H and O–H groups in total. The molecule has 1 aromatic heterocycles. The standard InChI is InChI=1S/C30H35Cl2N3O3/c1-19(2)35(21-9-7-15-33-17-21)30(36)25-16-27(37-18-20-8-5-13-24(31)28(20)32)23-12-6-14-26(29(23)34-25)38-22-10-3-4-11-22/h5-6,8,12-14,16,19,21-22,33H,3-4,7,9-11,15,17-18H2,1-2H3/t21-/m1/s1. The van der Waals surface area contributed by atoms with Gasteiger partial charge in [-0.05, 0) is 77.1 Å². The molecule has 1 atom stereocenters. The number of piperidine rings is 1. The van der Waals surface area contributed by atoms with Crippen molar-refractivity contribution in [2.24, 2.45) is 0 Å². The number of nitrogens with one attached hydrogen (secondary N) is 1. The van der Waals surface area contributed by atoms with Gasteiger partial charge in [0.25, 0.3) is 5.91 Å². The number of carbonyl (C=O) groups is 1. The van der Waals surface area contributed by atoms with Crippen molar-refractivity contribution in [3.05, 3.63) is 63.8 Å². The van der Waals surface area contributed by atoms with Crippen LogP contribution in [0.15, 0.2) is 42.5 Å². The number of ether oxygens (including phenoxy) is 2. The van der Waals surface area contributed by atoms with Gasteiger partial charge in [-0.15, -0.1) is 0 Å². The molecule has 0 bridgehead atoms. The summed E-state index contributed by atoms with van der Waals surface area (Å²) in [4.78, 5) is 20.9. The maximum absolute atomic E-state index is 14.0. The van der Waals surface area contributed by atoms with Gasteiger partial charge in [-0.25, -0.2) is 4.98 Å². The molecule has 6 nitrogen and oxygen atoms in total. The maximum atomic E-state index is 14.0. The smallest absolute Gasteiger partial charge is 0.273 e. The van der Waals surface area contributed by atoms with Gasteiger partial charge < -0.3 is 19.7 Å². The lowest BCUT2D eigenvalue weighted by Gasteiger charge is -2.37. The van der Waals surface area contributed by atoms with Crippen molar-refractivity contribution in [1.29, 1.82) is 0 Å². The third-order valence-corrected chi connectivity index (χ3v) is 8.31. The van der Waals surface area contributed by atoms with Gasteiger partial charge in [0.15, 0.2) is 0 Å². The normalized spacial score (nSPS) is 18.2. The van der Waals surface area contributed by atoms with Gasteiger partial charge >= 0.3 is 0 Å². The van der Waals surface area contributed by atoms with E-state index >= 15 is 0 Å². The first kappa shape index (κ1) is 27.0. The van der Waals surface area contributed by atoms with Crippen molar-refractivity contribution < 1.29 is 14.3 Å². The molecule has 0 spiro atoms. The highest BCUT2D eigenvalue weighted by Gasteiger charge is 2.30. The summed E-state index contributed by atoms with van der Waals surface area (Å²) in [6.07, 6.45) is 6.57. The molecule has 38 heavy (non-hydrogen) atoms. The number of benzene rings is 2. The van der Waals surface area contributed by atoms with Crippen LogP contribution >= 0.6 is 23.2 Å². The fourth-order valence-electron chi connectivity index (χ4n) is 5.54. The number of carbonyl (C=O) groups excluding carboxylic acids is 1. The van der Waals surface area contributed by atoms with E-state index in [1.807, 2.05) is 35.2 Å². The van der Waals surface area contributed by atoms with Gasteiger partial charge in [0.1, 0.15) is 29.3 Å². The van der Waals surface area contributed by atoms with Crippen molar-refractivity contribution in [2.45, 2.75) is 77.2 Å². The summed E-state index contributed by atoms with van der Waals surface area (Å²) in [7, 11) is 0. The van der Waals surface area contributed by atoms with Crippen LogP contribution in [-0.2, 0) is 6.61 Å². The van der Waals surface area contributed by atoms with Gasteiger partial charge in [-0.2, -0.15) is 0 Å². The second-order valence-corrected chi connectivity index (χ2v) is 11.3.